The first-order chi connectivity index (χ1) is 13.6. The minimum Gasteiger partial charge on any atom is -0.458 e. The fourth-order valence-electron chi connectivity index (χ4n) is 3.88. The lowest BCUT2D eigenvalue weighted by molar-refractivity contribution is -0.139. The van der Waals surface area contributed by atoms with Gasteiger partial charge in [-0.2, -0.15) is 0 Å². The normalized spacial score (nSPS) is 16.9. The summed E-state index contributed by atoms with van der Waals surface area (Å²) >= 11 is 2.20. The van der Waals surface area contributed by atoms with Crippen LogP contribution in [0, 0.1) is 5.92 Å². The Morgan fingerprint density at radius 3 is 2.59 bits per heavy atom. The van der Waals surface area contributed by atoms with Crippen molar-refractivity contribution >= 4 is 50.9 Å². The number of aromatic amines is 1. The van der Waals surface area contributed by atoms with Gasteiger partial charge in [0.2, 0.25) is 5.91 Å². The lowest BCUT2D eigenvalue weighted by Gasteiger charge is -2.30. The van der Waals surface area contributed by atoms with E-state index in [9.17, 15) is 9.59 Å². The van der Waals surface area contributed by atoms with Crippen molar-refractivity contribution in [3.8, 4) is 0 Å². The molecule has 0 aliphatic carbocycles. The standard InChI is InChI=1S/C23H29IN2O3/c1-14(2)10-19(27)26-12-17(22(28)29-15(3)11-24)21-20(23(4,5)13-26)16-8-6-7-9-18(16)25-21/h6-9,12,14-15,25H,10-11,13H2,1-5H3. The van der Waals surface area contributed by atoms with Gasteiger partial charge in [-0.3, -0.25) is 4.79 Å². The minimum atomic E-state index is -0.401. The zero-order valence-electron chi connectivity index (χ0n) is 17.7. The van der Waals surface area contributed by atoms with Gasteiger partial charge >= 0.3 is 5.97 Å². The van der Waals surface area contributed by atoms with Crippen LogP contribution in [0.15, 0.2) is 30.5 Å². The Kier molecular flexibility index (Phi) is 6.41. The molecule has 0 radical (unpaired) electrons. The molecule has 0 bridgehead atoms. The Morgan fingerprint density at radius 2 is 1.93 bits per heavy atom. The summed E-state index contributed by atoms with van der Waals surface area (Å²) in [6, 6.07) is 8.05. The van der Waals surface area contributed by atoms with Gasteiger partial charge in [0.25, 0.3) is 0 Å². The van der Waals surface area contributed by atoms with Gasteiger partial charge in [0.15, 0.2) is 0 Å². The molecule has 1 amide bonds. The number of aromatic nitrogens is 1. The molecule has 1 unspecified atom stereocenters. The summed E-state index contributed by atoms with van der Waals surface area (Å²) < 4.78 is 6.36. The average molecular weight is 508 g/mol. The van der Waals surface area contributed by atoms with E-state index in [2.05, 4.69) is 47.5 Å². The fourth-order valence-corrected chi connectivity index (χ4v) is 4.06. The summed E-state index contributed by atoms with van der Waals surface area (Å²) in [6.45, 7) is 10.7. The molecular weight excluding hydrogens is 479 g/mol. The Labute approximate surface area is 186 Å². The van der Waals surface area contributed by atoms with Crippen molar-refractivity contribution in [2.75, 3.05) is 11.0 Å². The molecule has 6 heteroatoms. The van der Waals surface area contributed by atoms with Gasteiger partial charge in [-0.1, -0.05) is 68.5 Å². The Balaban J connectivity index is 2.17. The van der Waals surface area contributed by atoms with Gasteiger partial charge in [0.1, 0.15) is 6.10 Å². The van der Waals surface area contributed by atoms with Crippen LogP contribution in [0.1, 0.15) is 52.3 Å². The number of halogens is 1. The van der Waals surface area contributed by atoms with Crippen LogP contribution in [-0.4, -0.2) is 38.8 Å². The van der Waals surface area contributed by atoms with E-state index in [0.717, 1.165) is 22.2 Å². The minimum absolute atomic E-state index is 0.0229. The van der Waals surface area contributed by atoms with Gasteiger partial charge in [-0.05, 0) is 24.5 Å². The molecule has 2 aromatic rings. The van der Waals surface area contributed by atoms with Crippen molar-refractivity contribution in [1.82, 2.24) is 9.88 Å². The topological polar surface area (TPSA) is 62.4 Å². The summed E-state index contributed by atoms with van der Waals surface area (Å²) in [7, 11) is 0. The summed E-state index contributed by atoms with van der Waals surface area (Å²) in [4.78, 5) is 31.2. The maximum Gasteiger partial charge on any atom is 0.342 e. The summed E-state index contributed by atoms with van der Waals surface area (Å²) in [5.41, 5.74) is 2.86. The van der Waals surface area contributed by atoms with Gasteiger partial charge < -0.3 is 14.6 Å². The SMILES string of the molecule is CC(C)CC(=O)N1C=C(C(=O)OC(C)CI)c2[nH]c3ccccc3c2C(C)(C)C1. The number of rotatable bonds is 5. The molecule has 1 aromatic carbocycles. The van der Waals surface area contributed by atoms with E-state index in [1.807, 2.05) is 39.0 Å². The maximum absolute atomic E-state index is 13.1. The third kappa shape index (κ3) is 4.52. The van der Waals surface area contributed by atoms with Crippen molar-refractivity contribution in [3.63, 3.8) is 0 Å². The highest BCUT2D eigenvalue weighted by molar-refractivity contribution is 14.1. The molecule has 29 heavy (non-hydrogen) atoms. The molecule has 0 spiro atoms. The zero-order valence-corrected chi connectivity index (χ0v) is 19.9. The highest BCUT2D eigenvalue weighted by atomic mass is 127. The summed E-state index contributed by atoms with van der Waals surface area (Å²) in [5, 5.41) is 1.08. The number of esters is 1. The second kappa shape index (κ2) is 8.50. The Hall–Kier alpha value is -1.83. The number of nitrogens with one attached hydrogen (secondary N) is 1. The molecule has 0 saturated heterocycles. The van der Waals surface area contributed by atoms with Crippen LogP contribution >= 0.6 is 22.6 Å². The monoisotopic (exact) mass is 508 g/mol. The van der Waals surface area contributed by atoms with Gasteiger partial charge in [0.05, 0.1) is 11.3 Å². The number of carbonyl (C=O) groups excluding carboxylic acids is 2. The number of para-hydroxylation sites is 1. The van der Waals surface area contributed by atoms with Crippen molar-refractivity contribution < 1.29 is 14.3 Å². The highest BCUT2D eigenvalue weighted by Crippen LogP contribution is 2.40. The predicted molar refractivity (Wildman–Crippen MR) is 125 cm³/mol. The number of ether oxygens (including phenoxy) is 1. The van der Waals surface area contributed by atoms with Crippen molar-refractivity contribution in [3.05, 3.63) is 41.7 Å². The molecule has 156 valence electrons. The number of amides is 1. The predicted octanol–water partition coefficient (Wildman–Crippen LogP) is 5.04. The smallest absolute Gasteiger partial charge is 0.342 e. The Morgan fingerprint density at radius 1 is 1.24 bits per heavy atom. The molecule has 0 fully saturated rings. The lowest BCUT2D eigenvalue weighted by Crippen LogP contribution is -2.37. The lowest BCUT2D eigenvalue weighted by atomic mass is 9.81. The number of alkyl halides is 1. The number of nitrogens with zero attached hydrogens (tertiary/aromatic N) is 1. The molecular formula is C23H29IN2O3. The van der Waals surface area contributed by atoms with Crippen LogP contribution in [0.4, 0.5) is 0 Å². The molecule has 1 aliphatic rings. The number of fused-ring (bicyclic) bond motifs is 3. The first-order valence-corrected chi connectivity index (χ1v) is 11.6. The van der Waals surface area contributed by atoms with Crippen LogP contribution in [0.5, 0.6) is 0 Å². The van der Waals surface area contributed by atoms with Crippen molar-refractivity contribution in [1.29, 1.82) is 0 Å². The molecule has 3 rings (SSSR count). The largest absolute Gasteiger partial charge is 0.458 e. The summed E-state index contributed by atoms with van der Waals surface area (Å²) in [6.07, 6.45) is 1.93. The molecule has 0 saturated carbocycles. The molecule has 1 atom stereocenters. The van der Waals surface area contributed by atoms with Crippen LogP contribution in [0.2, 0.25) is 0 Å². The quantitative estimate of drug-likeness (QED) is 0.350. The van der Waals surface area contributed by atoms with Gasteiger partial charge in [0, 0.05) is 39.9 Å². The maximum atomic E-state index is 13.1. The average Bonchev–Trinajstić information content (AvgIpc) is 2.98. The zero-order chi connectivity index (χ0) is 21.3. The number of hydrogen-bond acceptors (Lipinski definition) is 3. The van der Waals surface area contributed by atoms with Crippen molar-refractivity contribution in [2.45, 2.75) is 52.6 Å². The van der Waals surface area contributed by atoms with Crippen LogP contribution in [-0.2, 0) is 19.7 Å². The summed E-state index contributed by atoms with van der Waals surface area (Å²) in [5.74, 6) is -0.132. The number of hydrogen-bond donors (Lipinski definition) is 1. The van der Waals surface area contributed by atoms with Gasteiger partial charge in [-0.15, -0.1) is 0 Å². The molecule has 1 aromatic heterocycles. The first kappa shape index (κ1) is 21.9. The molecule has 5 nitrogen and oxygen atoms in total. The van der Waals surface area contributed by atoms with Crippen LogP contribution in [0.3, 0.4) is 0 Å². The van der Waals surface area contributed by atoms with E-state index < -0.39 is 5.97 Å². The Bertz CT molecular complexity index is 958. The van der Waals surface area contributed by atoms with E-state index in [1.165, 1.54) is 0 Å². The third-order valence-electron chi connectivity index (χ3n) is 5.15. The number of carbonyl (C=O) groups is 2. The molecule has 1 aliphatic heterocycles. The van der Waals surface area contributed by atoms with E-state index >= 15 is 0 Å². The number of H-pyrrole nitrogens is 1. The van der Waals surface area contributed by atoms with E-state index in [-0.39, 0.29) is 23.3 Å². The molecule has 2 heterocycles. The van der Waals surface area contributed by atoms with Gasteiger partial charge in [-0.25, -0.2) is 4.79 Å². The van der Waals surface area contributed by atoms with E-state index in [0.29, 0.717) is 23.0 Å². The first-order valence-electron chi connectivity index (χ1n) is 10.0. The van der Waals surface area contributed by atoms with Crippen LogP contribution in [0.25, 0.3) is 16.5 Å². The second-order valence-corrected chi connectivity index (χ2v) is 9.72. The van der Waals surface area contributed by atoms with E-state index in [4.69, 9.17) is 4.74 Å². The second-order valence-electron chi connectivity index (χ2n) is 8.84. The highest BCUT2D eigenvalue weighted by Gasteiger charge is 2.37. The third-order valence-corrected chi connectivity index (χ3v) is 6.39. The van der Waals surface area contributed by atoms with E-state index in [1.54, 1.807) is 11.1 Å². The van der Waals surface area contributed by atoms with Crippen molar-refractivity contribution in [2.24, 2.45) is 5.92 Å². The van der Waals surface area contributed by atoms with Crippen LogP contribution < -0.4 is 0 Å². The molecule has 1 N–H and O–H groups in total. The fraction of sp³-hybridized carbons (Fsp3) is 0.478. The number of benzene rings is 1.